The van der Waals surface area contributed by atoms with E-state index < -0.39 is 45.6 Å². The average Bonchev–Trinajstić information content (AvgIpc) is 2.83. The van der Waals surface area contributed by atoms with Gasteiger partial charge >= 0.3 is 5.69 Å². The summed E-state index contributed by atoms with van der Waals surface area (Å²) in [5.41, 5.74) is 1.61. The second kappa shape index (κ2) is 13.6. The number of nitrogens with zero attached hydrogens (tertiary/aromatic N) is 3. The molecule has 0 unspecified atom stereocenters. The third-order valence-corrected chi connectivity index (χ3v) is 21.2. The van der Waals surface area contributed by atoms with E-state index in [9.17, 15) is 10.1 Å². The standard InChI is InChI=1S/C29H50ClN3O5Si2/c1-14-23-28(38-40(20(8)9,21(10)11)22(12)13)25(37-39(17(2)3,18(4)5)19(6)7)15-24(36-23)26-27(33(34)35)29(30)32-16-31-26/h14-23,25,28H,1H2,2-13H3/t23-,25-,28-/m1/s1. The molecule has 2 rings (SSSR count). The molecule has 11 heteroatoms. The highest BCUT2D eigenvalue weighted by Crippen LogP contribution is 2.48. The molecule has 1 aliphatic rings. The SMILES string of the molecule is C=C[C@H]1OC(c2ncnc(Cl)c2[N+](=O)[O-])=C[C@@H](O[Si](C(C)C)(C(C)C)C(C)C)[C@@H]1O[Si](C(C)C)(C(C)C)C(C)C. The van der Waals surface area contributed by atoms with Gasteiger partial charge in [0.1, 0.15) is 18.5 Å². The Bertz CT molecular complexity index is 1030. The number of nitro groups is 1. The van der Waals surface area contributed by atoms with Gasteiger partial charge in [0.15, 0.2) is 11.5 Å². The van der Waals surface area contributed by atoms with Crippen molar-refractivity contribution in [2.24, 2.45) is 0 Å². The molecule has 40 heavy (non-hydrogen) atoms. The summed E-state index contributed by atoms with van der Waals surface area (Å²) < 4.78 is 21.1. The number of hydrogen-bond donors (Lipinski definition) is 0. The molecule has 1 aromatic heterocycles. The lowest BCUT2D eigenvalue weighted by Gasteiger charge is -2.51. The van der Waals surface area contributed by atoms with E-state index in [-0.39, 0.29) is 16.6 Å². The predicted molar refractivity (Wildman–Crippen MR) is 169 cm³/mol. The van der Waals surface area contributed by atoms with E-state index >= 15 is 0 Å². The molecule has 0 amide bonds. The summed E-state index contributed by atoms with van der Waals surface area (Å²) in [6.45, 7) is 31.0. The van der Waals surface area contributed by atoms with Crippen LogP contribution in [0.2, 0.25) is 38.4 Å². The van der Waals surface area contributed by atoms with E-state index in [2.05, 4.69) is 99.6 Å². The zero-order valence-electron chi connectivity index (χ0n) is 26.4. The Labute approximate surface area is 248 Å². The van der Waals surface area contributed by atoms with Gasteiger partial charge in [0, 0.05) is 0 Å². The lowest BCUT2D eigenvalue weighted by atomic mass is 10.0. The normalized spacial score (nSPS) is 20.6. The zero-order valence-corrected chi connectivity index (χ0v) is 29.2. The van der Waals surface area contributed by atoms with Gasteiger partial charge in [0.2, 0.25) is 21.8 Å². The van der Waals surface area contributed by atoms with Crippen LogP contribution in [0.25, 0.3) is 5.76 Å². The van der Waals surface area contributed by atoms with Crippen LogP contribution in [0.1, 0.15) is 88.8 Å². The number of ether oxygens (including phenoxy) is 1. The molecule has 0 bridgehead atoms. The maximum Gasteiger partial charge on any atom is 0.335 e. The number of hydrogen-bond acceptors (Lipinski definition) is 7. The molecule has 8 nitrogen and oxygen atoms in total. The van der Waals surface area contributed by atoms with Crippen LogP contribution < -0.4 is 0 Å². The molecule has 0 N–H and O–H groups in total. The fourth-order valence-corrected chi connectivity index (χ4v) is 18.5. The topological polar surface area (TPSA) is 96.6 Å². The maximum absolute atomic E-state index is 12.0. The molecule has 1 aromatic rings. The van der Waals surface area contributed by atoms with Gasteiger partial charge in [-0.1, -0.05) is 101 Å². The monoisotopic (exact) mass is 611 g/mol. The first-order valence-corrected chi connectivity index (χ1v) is 19.2. The van der Waals surface area contributed by atoms with Gasteiger partial charge < -0.3 is 13.6 Å². The summed E-state index contributed by atoms with van der Waals surface area (Å²) in [7, 11) is -4.81. The third-order valence-electron chi connectivity index (χ3n) is 8.75. The molecule has 0 fully saturated rings. The highest BCUT2D eigenvalue weighted by molar-refractivity contribution is 6.78. The minimum Gasteiger partial charge on any atom is -0.481 e. The Balaban J connectivity index is 2.88. The van der Waals surface area contributed by atoms with Crippen molar-refractivity contribution in [2.75, 3.05) is 0 Å². The molecule has 226 valence electrons. The Morgan fingerprint density at radius 1 is 0.900 bits per heavy atom. The van der Waals surface area contributed by atoms with Gasteiger partial charge in [-0.25, -0.2) is 9.97 Å². The molecular formula is C29H50ClN3O5Si2. The maximum atomic E-state index is 12.0. The van der Waals surface area contributed by atoms with E-state index in [0.717, 1.165) is 0 Å². The van der Waals surface area contributed by atoms with Crippen molar-refractivity contribution in [1.29, 1.82) is 0 Å². The summed E-state index contributed by atoms with van der Waals surface area (Å²) in [6.07, 6.45) is 3.14. The van der Waals surface area contributed by atoms with E-state index in [4.69, 9.17) is 25.2 Å². The van der Waals surface area contributed by atoms with Gasteiger partial charge in [0.25, 0.3) is 0 Å². The van der Waals surface area contributed by atoms with Crippen LogP contribution in [0.5, 0.6) is 0 Å². The second-order valence-corrected chi connectivity index (χ2v) is 23.9. The van der Waals surface area contributed by atoms with Crippen molar-refractivity contribution in [3.05, 3.63) is 46.0 Å². The van der Waals surface area contributed by atoms with Crippen molar-refractivity contribution in [2.45, 2.75) is 135 Å². The Kier molecular flexibility index (Phi) is 11.8. The number of aromatic nitrogens is 2. The third kappa shape index (κ3) is 6.41. The van der Waals surface area contributed by atoms with Crippen molar-refractivity contribution in [1.82, 2.24) is 9.97 Å². The quantitative estimate of drug-likeness (QED) is 0.0721. The molecule has 0 aliphatic carbocycles. The predicted octanol–water partition coefficient (Wildman–Crippen LogP) is 9.09. The zero-order chi connectivity index (χ0) is 30.7. The molecule has 1 aliphatic heterocycles. The van der Waals surface area contributed by atoms with E-state index in [0.29, 0.717) is 33.2 Å². The lowest BCUT2D eigenvalue weighted by Crippen LogP contribution is -2.59. The van der Waals surface area contributed by atoms with Crippen LogP contribution in [0.15, 0.2) is 25.1 Å². The molecule has 2 heterocycles. The smallest absolute Gasteiger partial charge is 0.335 e. The van der Waals surface area contributed by atoms with Crippen LogP contribution in [0.3, 0.4) is 0 Å². The first kappa shape index (κ1) is 34.6. The number of halogens is 1. The van der Waals surface area contributed by atoms with Gasteiger partial charge in [-0.15, -0.1) is 0 Å². The second-order valence-electron chi connectivity index (χ2n) is 12.8. The summed E-state index contributed by atoms with van der Waals surface area (Å²) >= 11 is 6.16. The molecular weight excluding hydrogens is 562 g/mol. The molecule has 0 saturated heterocycles. The minimum atomic E-state index is -2.42. The van der Waals surface area contributed by atoms with Gasteiger partial charge in [0.05, 0.1) is 11.0 Å². The minimum absolute atomic E-state index is 0.0231. The van der Waals surface area contributed by atoms with Crippen LogP contribution >= 0.6 is 11.6 Å². The first-order chi connectivity index (χ1) is 18.5. The Morgan fingerprint density at radius 2 is 1.35 bits per heavy atom. The first-order valence-electron chi connectivity index (χ1n) is 14.5. The Hall–Kier alpha value is -1.60. The molecule has 0 aromatic carbocycles. The van der Waals surface area contributed by atoms with Crippen LogP contribution in [-0.4, -0.2) is 49.8 Å². The van der Waals surface area contributed by atoms with Gasteiger partial charge in [-0.2, -0.15) is 0 Å². The molecule has 0 radical (unpaired) electrons. The summed E-state index contributed by atoms with van der Waals surface area (Å²) in [5.74, 6) is 0.232. The van der Waals surface area contributed by atoms with E-state index in [1.54, 1.807) is 6.08 Å². The van der Waals surface area contributed by atoms with Gasteiger partial charge in [-0.05, 0) is 45.4 Å². The van der Waals surface area contributed by atoms with Crippen LogP contribution in [-0.2, 0) is 13.6 Å². The van der Waals surface area contributed by atoms with Gasteiger partial charge in [-0.3, -0.25) is 10.1 Å². The highest BCUT2D eigenvalue weighted by atomic mass is 35.5. The van der Waals surface area contributed by atoms with Crippen molar-refractivity contribution < 1.29 is 18.5 Å². The highest BCUT2D eigenvalue weighted by Gasteiger charge is 2.53. The van der Waals surface area contributed by atoms with Crippen molar-refractivity contribution in [3.63, 3.8) is 0 Å². The van der Waals surface area contributed by atoms with Crippen LogP contribution in [0.4, 0.5) is 5.69 Å². The summed E-state index contributed by atoms with van der Waals surface area (Å²) in [4.78, 5) is 19.5. The molecule has 0 saturated carbocycles. The fourth-order valence-electron chi connectivity index (χ4n) is 7.22. The van der Waals surface area contributed by atoms with Crippen molar-refractivity contribution in [3.8, 4) is 0 Å². The van der Waals surface area contributed by atoms with E-state index in [1.807, 2.05) is 6.08 Å². The number of rotatable bonds is 13. The average molecular weight is 612 g/mol. The largest absolute Gasteiger partial charge is 0.481 e. The fraction of sp³-hybridized carbons (Fsp3) is 0.724. The summed E-state index contributed by atoms with van der Waals surface area (Å²) in [6, 6.07) is 0. The van der Waals surface area contributed by atoms with E-state index in [1.165, 1.54) is 6.33 Å². The molecule has 0 spiro atoms. The van der Waals surface area contributed by atoms with Crippen molar-refractivity contribution >= 4 is 39.7 Å². The van der Waals surface area contributed by atoms with Crippen LogP contribution in [0, 0.1) is 10.1 Å². The lowest BCUT2D eigenvalue weighted by molar-refractivity contribution is -0.385. The summed E-state index contributed by atoms with van der Waals surface area (Å²) in [5, 5.41) is 11.7. The Morgan fingerprint density at radius 3 is 1.75 bits per heavy atom. The molecule has 3 atom stereocenters.